The molecule has 2 bridgehead atoms. The van der Waals surface area contributed by atoms with E-state index in [2.05, 4.69) is 51.9 Å². The Kier molecular flexibility index (Phi) is 5.94. The highest BCUT2D eigenvalue weighted by molar-refractivity contribution is 9.10. The largest absolute Gasteiger partial charge is 0.461 e. The van der Waals surface area contributed by atoms with E-state index in [4.69, 9.17) is 4.74 Å². The summed E-state index contributed by atoms with van der Waals surface area (Å²) in [5.41, 5.74) is 2.27. The van der Waals surface area contributed by atoms with E-state index < -0.39 is 5.97 Å². The van der Waals surface area contributed by atoms with E-state index in [9.17, 15) is 9.59 Å². The van der Waals surface area contributed by atoms with Crippen molar-refractivity contribution in [2.24, 2.45) is 10.8 Å². The molecular formula is C24H32BrN3O3. The number of carbonyl (C=O) groups is 2. The second-order valence-corrected chi connectivity index (χ2v) is 11.2. The summed E-state index contributed by atoms with van der Waals surface area (Å²) >= 11 is 3.48. The number of likely N-dealkylation sites (tertiary alicyclic amines) is 1. The maximum Gasteiger partial charge on any atom is 0.356 e. The van der Waals surface area contributed by atoms with Crippen LogP contribution in [-0.2, 0) is 9.53 Å². The highest BCUT2D eigenvalue weighted by atomic mass is 79.9. The van der Waals surface area contributed by atoms with Crippen LogP contribution in [0.3, 0.4) is 0 Å². The maximum absolute atomic E-state index is 12.9. The van der Waals surface area contributed by atoms with Crippen molar-refractivity contribution in [3.63, 3.8) is 0 Å². The molecule has 2 aromatic rings. The minimum absolute atomic E-state index is 0.0858. The molecule has 1 saturated carbocycles. The minimum atomic E-state index is -0.464. The molecule has 2 fully saturated rings. The average molecular weight is 490 g/mol. The number of esters is 1. The number of carbonyl (C=O) groups excluding carboxylic acids is 2. The lowest BCUT2D eigenvalue weighted by atomic mass is 9.65. The molecule has 1 aromatic carbocycles. The topological polar surface area (TPSA) is 74.4 Å². The van der Waals surface area contributed by atoms with Gasteiger partial charge < -0.3 is 15.0 Å². The van der Waals surface area contributed by atoms with E-state index in [1.807, 2.05) is 18.2 Å². The third-order valence-electron chi connectivity index (χ3n) is 6.65. The van der Waals surface area contributed by atoms with Crippen molar-refractivity contribution in [1.82, 2.24) is 9.88 Å². The first-order valence-electron chi connectivity index (χ1n) is 11.1. The first kappa shape index (κ1) is 22.3. The van der Waals surface area contributed by atoms with Crippen LogP contribution in [0.4, 0.5) is 5.69 Å². The van der Waals surface area contributed by atoms with Crippen molar-refractivity contribution >= 4 is 44.4 Å². The van der Waals surface area contributed by atoms with Crippen LogP contribution in [0.1, 0.15) is 63.9 Å². The first-order chi connectivity index (χ1) is 14.6. The third-order valence-corrected chi connectivity index (χ3v) is 7.15. The molecule has 2 N–H and O–H groups in total. The summed E-state index contributed by atoms with van der Waals surface area (Å²) in [4.78, 5) is 31.0. The number of hydrogen-bond acceptors (Lipinski definition) is 4. The molecule has 1 aromatic heterocycles. The van der Waals surface area contributed by atoms with Gasteiger partial charge in [0.25, 0.3) is 0 Å². The van der Waals surface area contributed by atoms with Crippen molar-refractivity contribution in [1.29, 1.82) is 0 Å². The van der Waals surface area contributed by atoms with Gasteiger partial charge in [0.05, 0.1) is 12.3 Å². The Morgan fingerprint density at radius 2 is 2.06 bits per heavy atom. The molecular weight excluding hydrogens is 458 g/mol. The number of hydrogen-bond donors (Lipinski definition) is 2. The van der Waals surface area contributed by atoms with Gasteiger partial charge >= 0.3 is 5.97 Å². The second kappa shape index (κ2) is 8.24. The normalized spacial score (nSPS) is 25.0. The summed E-state index contributed by atoms with van der Waals surface area (Å²) in [5.74, 6) is -0.550. The molecule has 1 saturated heterocycles. The third kappa shape index (κ3) is 4.67. The fraction of sp³-hybridized carbons (Fsp3) is 0.583. The number of halogens is 1. The number of ether oxygens (including phenoxy) is 1. The number of H-pyrrole nitrogens is 1. The van der Waals surface area contributed by atoms with Gasteiger partial charge in [0, 0.05) is 40.9 Å². The molecule has 1 amide bonds. The van der Waals surface area contributed by atoms with Crippen molar-refractivity contribution in [3.8, 4) is 0 Å². The van der Waals surface area contributed by atoms with Gasteiger partial charge in [-0.1, -0.05) is 36.7 Å². The van der Waals surface area contributed by atoms with E-state index in [0.717, 1.165) is 28.5 Å². The number of nitrogens with zero attached hydrogens (tertiary/aromatic N) is 1. The predicted molar refractivity (Wildman–Crippen MR) is 126 cm³/mol. The number of nitrogens with one attached hydrogen (secondary N) is 2. The fourth-order valence-corrected chi connectivity index (χ4v) is 6.30. The van der Waals surface area contributed by atoms with Gasteiger partial charge in [-0.2, -0.15) is 0 Å². The Labute approximate surface area is 192 Å². The van der Waals surface area contributed by atoms with Gasteiger partial charge in [0.2, 0.25) is 5.91 Å². The summed E-state index contributed by atoms with van der Waals surface area (Å²) in [7, 11) is 0. The number of rotatable bonds is 6. The van der Waals surface area contributed by atoms with Crippen LogP contribution >= 0.6 is 15.9 Å². The Morgan fingerprint density at radius 1 is 1.29 bits per heavy atom. The molecule has 31 heavy (non-hydrogen) atoms. The van der Waals surface area contributed by atoms with Crippen LogP contribution in [0.25, 0.3) is 10.9 Å². The van der Waals surface area contributed by atoms with Crippen molar-refractivity contribution in [2.75, 3.05) is 25.0 Å². The number of benzene rings is 1. The van der Waals surface area contributed by atoms with Crippen LogP contribution in [0, 0.1) is 10.8 Å². The molecule has 0 spiro atoms. The molecule has 2 aliphatic rings. The lowest BCUT2D eigenvalue weighted by Gasteiger charge is -2.39. The van der Waals surface area contributed by atoms with Crippen LogP contribution in [0.2, 0.25) is 0 Å². The number of aromatic nitrogens is 1. The highest BCUT2D eigenvalue weighted by Gasteiger charge is 2.49. The second-order valence-electron chi connectivity index (χ2n) is 10.3. The highest BCUT2D eigenvalue weighted by Crippen LogP contribution is 2.52. The predicted octanol–water partition coefficient (Wildman–Crippen LogP) is 5.34. The zero-order valence-electron chi connectivity index (χ0n) is 18.8. The summed E-state index contributed by atoms with van der Waals surface area (Å²) in [6.07, 6.45) is 4.05. The van der Waals surface area contributed by atoms with E-state index >= 15 is 0 Å². The van der Waals surface area contributed by atoms with E-state index in [0.29, 0.717) is 29.0 Å². The Balaban J connectivity index is 1.48. The number of amides is 1. The van der Waals surface area contributed by atoms with Crippen molar-refractivity contribution in [3.05, 3.63) is 28.4 Å². The summed E-state index contributed by atoms with van der Waals surface area (Å²) in [6, 6.07) is 6.23. The minimum Gasteiger partial charge on any atom is -0.461 e. The summed E-state index contributed by atoms with van der Waals surface area (Å²) in [6.45, 7) is 10.9. The zero-order valence-corrected chi connectivity index (χ0v) is 20.4. The van der Waals surface area contributed by atoms with Gasteiger partial charge in [0.1, 0.15) is 5.69 Å². The molecule has 1 aliphatic heterocycles. The lowest BCUT2D eigenvalue weighted by Crippen LogP contribution is -2.35. The zero-order chi connectivity index (χ0) is 22.4. The molecule has 0 unspecified atom stereocenters. The molecule has 2 atom stereocenters. The SMILES string of the molecule is CCOC(=O)c1[nH]c2ccc(Br)cc2c1NC(=O)CCN1C[C@@]2(C)C[C@@H]1CC(C)(C)C2. The molecule has 0 radical (unpaired) electrons. The molecule has 1 aliphatic carbocycles. The summed E-state index contributed by atoms with van der Waals surface area (Å²) in [5, 5.41) is 3.78. The Morgan fingerprint density at radius 3 is 2.81 bits per heavy atom. The van der Waals surface area contributed by atoms with Crippen molar-refractivity contribution in [2.45, 2.75) is 59.4 Å². The number of anilines is 1. The van der Waals surface area contributed by atoms with E-state index in [1.54, 1.807) is 6.92 Å². The van der Waals surface area contributed by atoms with Gasteiger partial charge in [-0.05, 0) is 55.2 Å². The van der Waals surface area contributed by atoms with Crippen molar-refractivity contribution < 1.29 is 14.3 Å². The van der Waals surface area contributed by atoms with Crippen LogP contribution < -0.4 is 5.32 Å². The molecule has 4 rings (SSSR count). The quantitative estimate of drug-likeness (QED) is 0.537. The lowest BCUT2D eigenvalue weighted by molar-refractivity contribution is -0.116. The van der Waals surface area contributed by atoms with Gasteiger partial charge in [0.15, 0.2) is 0 Å². The van der Waals surface area contributed by atoms with Gasteiger partial charge in [-0.3, -0.25) is 9.69 Å². The van der Waals surface area contributed by atoms with Gasteiger partial charge in [-0.15, -0.1) is 0 Å². The smallest absolute Gasteiger partial charge is 0.356 e. The monoisotopic (exact) mass is 489 g/mol. The first-order valence-corrected chi connectivity index (χ1v) is 11.9. The summed E-state index contributed by atoms with van der Waals surface area (Å²) < 4.78 is 6.07. The number of fused-ring (bicyclic) bond motifs is 3. The fourth-order valence-electron chi connectivity index (χ4n) is 5.94. The average Bonchev–Trinajstić information content (AvgIpc) is 3.13. The van der Waals surface area contributed by atoms with Crippen LogP contribution in [0.15, 0.2) is 22.7 Å². The molecule has 6 nitrogen and oxygen atoms in total. The Bertz CT molecular complexity index is 1010. The maximum atomic E-state index is 12.9. The Hall–Kier alpha value is -1.86. The van der Waals surface area contributed by atoms with E-state index in [1.165, 1.54) is 19.3 Å². The molecule has 7 heteroatoms. The molecule has 168 valence electrons. The standard InChI is InChI=1S/C24H32BrN3O3/c1-5-31-22(30)21-20(17-10-15(25)6-7-18(17)26-21)27-19(29)8-9-28-14-24(4)12-16(28)11-23(2,3)13-24/h6-7,10,16,26H,5,8-9,11-14H2,1-4H3,(H,27,29)/t16-,24-/m0/s1. The van der Waals surface area contributed by atoms with Crippen LogP contribution in [-0.4, -0.2) is 47.5 Å². The number of aromatic amines is 1. The molecule has 2 heterocycles. The van der Waals surface area contributed by atoms with Crippen LogP contribution in [0.5, 0.6) is 0 Å². The van der Waals surface area contributed by atoms with E-state index in [-0.39, 0.29) is 18.2 Å². The van der Waals surface area contributed by atoms with Gasteiger partial charge in [-0.25, -0.2) is 4.79 Å².